The number of nitrogens with one attached hydrogen (secondary N) is 1. The fourth-order valence-electron chi connectivity index (χ4n) is 5.37. The number of hydrogen-bond acceptors (Lipinski definition) is 10. The summed E-state index contributed by atoms with van der Waals surface area (Å²) in [5.41, 5.74) is 4.92. The summed E-state index contributed by atoms with van der Waals surface area (Å²) in [5.74, 6) is -1.23. The smallest absolute Gasteiger partial charge is 0.420 e. The van der Waals surface area contributed by atoms with Gasteiger partial charge in [0.05, 0.1) is 17.2 Å². The Morgan fingerprint density at radius 1 is 0.913 bits per heavy atom. The van der Waals surface area contributed by atoms with E-state index in [2.05, 4.69) is 15.1 Å². The van der Waals surface area contributed by atoms with Gasteiger partial charge in [0, 0.05) is 12.3 Å². The second-order valence-corrected chi connectivity index (χ2v) is 12.2. The monoisotopic (exact) mass is 641 g/mol. The Bertz CT molecular complexity index is 1950. The number of sulfone groups is 1. The van der Waals surface area contributed by atoms with Crippen molar-refractivity contribution in [2.45, 2.75) is 28.3 Å². The summed E-state index contributed by atoms with van der Waals surface area (Å²) in [6.45, 7) is 0.0766. The topological polar surface area (TPSA) is 161 Å². The van der Waals surface area contributed by atoms with Crippen molar-refractivity contribution in [1.29, 1.82) is 0 Å². The summed E-state index contributed by atoms with van der Waals surface area (Å²) in [5, 5.41) is 17.4. The Morgan fingerprint density at radius 2 is 1.52 bits per heavy atom. The third-order valence-electron chi connectivity index (χ3n) is 7.55. The maximum atomic E-state index is 13.0. The van der Waals surface area contributed by atoms with Gasteiger partial charge in [-0.15, -0.1) is 0 Å². The molecule has 234 valence electrons. The highest BCUT2D eigenvalue weighted by molar-refractivity contribution is 7.91. The summed E-state index contributed by atoms with van der Waals surface area (Å²) in [7, 11) is -3.08. The molecule has 0 saturated heterocycles. The number of alkyl carbamates (subject to hydrolysis) is 1. The Labute approximate surface area is 263 Å². The Balaban J connectivity index is 1.11. The van der Waals surface area contributed by atoms with E-state index in [1.54, 1.807) is 18.2 Å². The van der Waals surface area contributed by atoms with Crippen molar-refractivity contribution in [3.63, 3.8) is 0 Å². The molecule has 1 atom stereocenters. The molecule has 46 heavy (non-hydrogen) atoms. The number of esters is 1. The number of carbonyl (C=O) groups excluding carboxylic acids is 2. The largest absolute Gasteiger partial charge is 0.467 e. The number of benzene rings is 4. The molecular weight excluding hydrogens is 614 g/mol. The summed E-state index contributed by atoms with van der Waals surface area (Å²) >= 11 is 0. The maximum Gasteiger partial charge on any atom is 0.420 e. The first-order chi connectivity index (χ1) is 22.3. The second-order valence-electron chi connectivity index (χ2n) is 10.4. The van der Waals surface area contributed by atoms with Gasteiger partial charge in [-0.3, -0.25) is 4.63 Å². The molecule has 1 amide bonds. The van der Waals surface area contributed by atoms with Crippen molar-refractivity contribution in [2.75, 3.05) is 13.7 Å². The Kier molecular flexibility index (Phi) is 8.40. The van der Waals surface area contributed by atoms with Gasteiger partial charge in [-0.25, -0.2) is 18.0 Å². The summed E-state index contributed by atoms with van der Waals surface area (Å²) in [6, 6.07) is 28.3. The molecule has 0 unspecified atom stereocenters. The lowest BCUT2D eigenvalue weighted by molar-refractivity contribution is -0.832. The van der Waals surface area contributed by atoms with Gasteiger partial charge in [0.2, 0.25) is 0 Å². The summed E-state index contributed by atoms with van der Waals surface area (Å²) in [6.07, 6.45) is -0.726. The fraction of sp³-hybridized carbons (Fsp3) is 0.152. The van der Waals surface area contributed by atoms with E-state index < -0.39 is 38.8 Å². The molecule has 12 nitrogen and oxygen atoms in total. The molecule has 5 aromatic rings. The van der Waals surface area contributed by atoms with Crippen LogP contribution in [0.4, 0.5) is 4.79 Å². The summed E-state index contributed by atoms with van der Waals surface area (Å²) < 4.78 is 46.6. The molecule has 1 aromatic heterocycles. The molecule has 0 fully saturated rings. The van der Waals surface area contributed by atoms with Gasteiger partial charge in [-0.1, -0.05) is 78.9 Å². The average Bonchev–Trinajstić information content (AvgIpc) is 3.61. The molecule has 0 bridgehead atoms. The van der Waals surface area contributed by atoms with E-state index in [0.717, 1.165) is 22.3 Å². The molecular formula is C33H27N3O9S. The lowest BCUT2D eigenvalue weighted by Gasteiger charge is -2.18. The molecule has 0 saturated carbocycles. The number of rotatable bonds is 10. The number of amides is 1. The lowest BCUT2D eigenvalue weighted by atomic mass is 9.98. The van der Waals surface area contributed by atoms with E-state index in [-0.39, 0.29) is 34.5 Å². The minimum atomic E-state index is -4.30. The Morgan fingerprint density at radius 3 is 2.15 bits per heavy atom. The van der Waals surface area contributed by atoms with Crippen LogP contribution in [-0.2, 0) is 30.5 Å². The standard InChI is InChI=1S/C33H27N3O9S/c1-42-32(37)29(34-33(38)43-20-28-26-13-7-5-11-24(26)25-12-6-8-14-27(25)28)19-21-15-17-22(18-16-21)44-30-31(36(39)45-35-30)46(40,41)23-9-3-2-4-10-23/h2-18,28-29H,19-20H2,1H3,(H,34,38)/t29-/m0/s1. The molecule has 1 aliphatic rings. The van der Waals surface area contributed by atoms with E-state index in [0.29, 0.717) is 5.56 Å². The highest BCUT2D eigenvalue weighted by Crippen LogP contribution is 2.44. The number of ether oxygens (including phenoxy) is 3. The molecule has 1 heterocycles. The van der Waals surface area contributed by atoms with Crippen LogP contribution in [0.2, 0.25) is 0 Å². The average molecular weight is 642 g/mol. The van der Waals surface area contributed by atoms with Crippen molar-refractivity contribution < 1.29 is 41.7 Å². The van der Waals surface area contributed by atoms with Crippen LogP contribution in [0.15, 0.2) is 118 Å². The highest BCUT2D eigenvalue weighted by atomic mass is 32.2. The minimum Gasteiger partial charge on any atom is -0.467 e. The van der Waals surface area contributed by atoms with Crippen molar-refractivity contribution in [3.8, 4) is 22.8 Å². The molecule has 1 N–H and O–H groups in total. The third-order valence-corrected chi connectivity index (χ3v) is 9.28. The zero-order valence-electron chi connectivity index (χ0n) is 24.4. The molecule has 1 aliphatic carbocycles. The maximum absolute atomic E-state index is 13.0. The van der Waals surface area contributed by atoms with E-state index in [4.69, 9.17) is 14.2 Å². The van der Waals surface area contributed by atoms with E-state index in [1.165, 1.54) is 43.5 Å². The number of aromatic nitrogens is 2. The van der Waals surface area contributed by atoms with Crippen LogP contribution in [0.25, 0.3) is 11.1 Å². The van der Waals surface area contributed by atoms with E-state index in [9.17, 15) is 23.2 Å². The molecule has 0 radical (unpaired) electrons. The van der Waals surface area contributed by atoms with Crippen LogP contribution < -0.4 is 15.0 Å². The summed E-state index contributed by atoms with van der Waals surface area (Å²) in [4.78, 5) is 25.1. The van der Waals surface area contributed by atoms with Crippen LogP contribution >= 0.6 is 0 Å². The minimum absolute atomic E-state index is 0.0509. The number of nitrogens with zero attached hydrogens (tertiary/aromatic N) is 2. The predicted octanol–water partition coefficient (Wildman–Crippen LogP) is 4.56. The van der Waals surface area contributed by atoms with E-state index >= 15 is 0 Å². The first kappa shape index (κ1) is 30.3. The normalized spacial score (nSPS) is 12.9. The van der Waals surface area contributed by atoms with Crippen LogP contribution in [0.3, 0.4) is 0 Å². The number of hydrogen-bond donors (Lipinski definition) is 1. The van der Waals surface area contributed by atoms with Gasteiger partial charge in [-0.2, -0.15) is 0 Å². The first-order valence-electron chi connectivity index (χ1n) is 14.1. The third kappa shape index (κ3) is 6.00. The van der Waals surface area contributed by atoms with Gasteiger partial charge in [0.1, 0.15) is 18.4 Å². The molecule has 0 spiro atoms. The van der Waals surface area contributed by atoms with Crippen LogP contribution in [0.1, 0.15) is 22.6 Å². The second kappa shape index (κ2) is 12.7. The first-order valence-corrected chi connectivity index (χ1v) is 15.6. The van der Waals surface area contributed by atoms with Crippen molar-refractivity contribution in [1.82, 2.24) is 10.5 Å². The van der Waals surface area contributed by atoms with Crippen LogP contribution in [0, 0.1) is 5.21 Å². The van der Waals surface area contributed by atoms with Gasteiger partial charge >= 0.3 is 23.0 Å². The highest BCUT2D eigenvalue weighted by Gasteiger charge is 2.36. The number of fused-ring (bicyclic) bond motifs is 3. The lowest BCUT2D eigenvalue weighted by Crippen LogP contribution is -2.43. The number of carbonyl (C=O) groups is 2. The van der Waals surface area contributed by atoms with Gasteiger partial charge in [0.15, 0.2) is 0 Å². The molecule has 6 rings (SSSR count). The predicted molar refractivity (Wildman–Crippen MR) is 162 cm³/mol. The van der Waals surface area contributed by atoms with Crippen molar-refractivity contribution in [2.24, 2.45) is 0 Å². The fourth-order valence-corrected chi connectivity index (χ4v) is 6.65. The van der Waals surface area contributed by atoms with Gasteiger partial charge in [0.25, 0.3) is 9.84 Å². The Hall–Kier alpha value is -5.69. The molecule has 0 aliphatic heterocycles. The quantitative estimate of drug-likeness (QED) is 0.169. The van der Waals surface area contributed by atoms with Crippen LogP contribution in [0.5, 0.6) is 11.6 Å². The zero-order valence-corrected chi connectivity index (χ0v) is 25.2. The van der Waals surface area contributed by atoms with Gasteiger partial charge < -0.3 is 24.7 Å². The SMILES string of the molecule is COC(=O)[C@H](Cc1ccc(Oc2no[n+]([O-])c2S(=O)(=O)c2ccccc2)cc1)NC(=O)OCC1c2ccccc2-c2ccccc21. The zero-order chi connectivity index (χ0) is 32.3. The molecule has 13 heteroatoms. The van der Waals surface area contributed by atoms with Crippen molar-refractivity contribution >= 4 is 21.9 Å². The van der Waals surface area contributed by atoms with Gasteiger partial charge in [-0.05, 0) is 57.0 Å². The van der Waals surface area contributed by atoms with Crippen LogP contribution in [-0.4, -0.2) is 45.4 Å². The number of methoxy groups -OCH3 is 1. The van der Waals surface area contributed by atoms with Crippen molar-refractivity contribution in [3.05, 3.63) is 125 Å². The van der Waals surface area contributed by atoms with E-state index in [1.807, 2.05) is 48.5 Å². The molecule has 4 aromatic carbocycles.